The predicted octanol–water partition coefficient (Wildman–Crippen LogP) is 5.93. The van der Waals surface area contributed by atoms with E-state index in [4.69, 9.17) is 4.74 Å². The highest BCUT2D eigenvalue weighted by atomic mass is 16.5. The van der Waals surface area contributed by atoms with Crippen molar-refractivity contribution in [2.75, 3.05) is 7.11 Å². The van der Waals surface area contributed by atoms with E-state index in [1.54, 1.807) is 5.92 Å². The summed E-state index contributed by atoms with van der Waals surface area (Å²) in [6.45, 7) is 9.13. The van der Waals surface area contributed by atoms with Crippen LogP contribution in [0.15, 0.2) is 0 Å². The fraction of sp³-hybridized carbons (Fsp3) is 0.941. The molecule has 0 fully saturated rings. The standard InChI is InChI=1S/C17H35O/c1-6-10-13-16(9-4)17(18-5,14-11-7-2)15-12-8-3/h6-15H2,1-5H3. The second-order valence-electron chi connectivity index (χ2n) is 5.47. The second-order valence-corrected chi connectivity index (χ2v) is 5.47. The number of ether oxygens (including phenoxy) is 1. The summed E-state index contributed by atoms with van der Waals surface area (Å²) in [4.78, 5) is 0. The molecule has 0 bridgehead atoms. The monoisotopic (exact) mass is 255 g/mol. The van der Waals surface area contributed by atoms with Gasteiger partial charge in [0, 0.05) is 13.0 Å². The summed E-state index contributed by atoms with van der Waals surface area (Å²) < 4.78 is 6.06. The van der Waals surface area contributed by atoms with Gasteiger partial charge in [-0.15, -0.1) is 0 Å². The van der Waals surface area contributed by atoms with E-state index in [-0.39, 0.29) is 5.60 Å². The Morgan fingerprint density at radius 2 is 1.33 bits per heavy atom. The summed E-state index contributed by atoms with van der Waals surface area (Å²) in [6, 6.07) is 0. The zero-order valence-corrected chi connectivity index (χ0v) is 13.5. The van der Waals surface area contributed by atoms with Gasteiger partial charge in [0.1, 0.15) is 0 Å². The smallest absolute Gasteiger partial charge is 0.0741 e. The fourth-order valence-corrected chi connectivity index (χ4v) is 2.87. The van der Waals surface area contributed by atoms with Gasteiger partial charge in [-0.25, -0.2) is 0 Å². The van der Waals surface area contributed by atoms with Gasteiger partial charge in [-0.2, -0.15) is 0 Å². The number of rotatable bonds is 12. The quantitative estimate of drug-likeness (QED) is 0.420. The third-order valence-corrected chi connectivity index (χ3v) is 4.16. The zero-order valence-electron chi connectivity index (χ0n) is 13.5. The van der Waals surface area contributed by atoms with Crippen LogP contribution in [0.1, 0.15) is 91.9 Å². The summed E-state index contributed by atoms with van der Waals surface area (Å²) in [7, 11) is 1.92. The molecule has 0 aromatic carbocycles. The molecule has 1 radical (unpaired) electrons. The highest BCUT2D eigenvalue weighted by molar-refractivity contribution is 5.08. The van der Waals surface area contributed by atoms with Crippen LogP contribution in [0.2, 0.25) is 0 Å². The molecule has 0 N–H and O–H groups in total. The van der Waals surface area contributed by atoms with Crippen LogP contribution in [0.5, 0.6) is 0 Å². The lowest BCUT2D eigenvalue weighted by Gasteiger charge is -2.40. The second kappa shape index (κ2) is 10.8. The Balaban J connectivity index is 4.72. The van der Waals surface area contributed by atoms with Crippen molar-refractivity contribution in [2.24, 2.45) is 0 Å². The van der Waals surface area contributed by atoms with E-state index in [0.717, 1.165) is 0 Å². The lowest BCUT2D eigenvalue weighted by atomic mass is 9.75. The maximum Gasteiger partial charge on any atom is 0.0741 e. The number of unbranched alkanes of at least 4 members (excludes halogenated alkanes) is 3. The summed E-state index contributed by atoms with van der Waals surface area (Å²) in [5.41, 5.74) is 0.0793. The molecule has 18 heavy (non-hydrogen) atoms. The Morgan fingerprint density at radius 1 is 0.833 bits per heavy atom. The zero-order chi connectivity index (χ0) is 13.9. The first-order chi connectivity index (χ1) is 8.70. The predicted molar refractivity (Wildman–Crippen MR) is 81.8 cm³/mol. The van der Waals surface area contributed by atoms with Crippen LogP contribution in [-0.2, 0) is 4.74 Å². The Bertz CT molecular complexity index is 168. The van der Waals surface area contributed by atoms with Crippen molar-refractivity contribution in [3.63, 3.8) is 0 Å². The van der Waals surface area contributed by atoms with Crippen molar-refractivity contribution in [3.05, 3.63) is 5.92 Å². The van der Waals surface area contributed by atoms with Crippen molar-refractivity contribution in [1.29, 1.82) is 0 Å². The normalized spacial score (nSPS) is 12.3. The third kappa shape index (κ3) is 5.73. The van der Waals surface area contributed by atoms with Crippen molar-refractivity contribution in [1.82, 2.24) is 0 Å². The SMILES string of the molecule is CCCC[C](CC)C(CCCC)(CCCC)OC. The van der Waals surface area contributed by atoms with Gasteiger partial charge in [-0.3, -0.25) is 0 Å². The number of hydrogen-bond donors (Lipinski definition) is 0. The lowest BCUT2D eigenvalue weighted by molar-refractivity contribution is -0.0212. The number of methoxy groups -OCH3 is 1. The topological polar surface area (TPSA) is 9.23 Å². The average Bonchev–Trinajstić information content (AvgIpc) is 2.41. The maximum atomic E-state index is 6.06. The molecule has 0 heterocycles. The minimum absolute atomic E-state index is 0.0793. The molecule has 0 saturated heterocycles. The molecule has 1 nitrogen and oxygen atoms in total. The van der Waals surface area contributed by atoms with Crippen LogP contribution >= 0.6 is 0 Å². The van der Waals surface area contributed by atoms with Gasteiger partial charge in [0.25, 0.3) is 0 Å². The summed E-state index contributed by atoms with van der Waals surface area (Å²) in [6.07, 6.45) is 12.6. The molecule has 0 rings (SSSR count). The van der Waals surface area contributed by atoms with Crippen molar-refractivity contribution >= 4 is 0 Å². The first kappa shape index (κ1) is 18.0. The largest absolute Gasteiger partial charge is 0.378 e. The molecule has 0 unspecified atom stereocenters. The van der Waals surface area contributed by atoms with Gasteiger partial charge >= 0.3 is 0 Å². The molecule has 0 aliphatic heterocycles. The third-order valence-electron chi connectivity index (χ3n) is 4.16. The van der Waals surface area contributed by atoms with Crippen molar-refractivity contribution in [2.45, 2.75) is 97.5 Å². The van der Waals surface area contributed by atoms with Crippen LogP contribution in [0.4, 0.5) is 0 Å². The van der Waals surface area contributed by atoms with Crippen molar-refractivity contribution < 1.29 is 4.74 Å². The summed E-state index contributed by atoms with van der Waals surface area (Å²) >= 11 is 0. The van der Waals surface area contributed by atoms with E-state index >= 15 is 0 Å². The van der Waals surface area contributed by atoms with Gasteiger partial charge in [0.05, 0.1) is 5.60 Å². The molecular formula is C17H35O. The van der Waals surface area contributed by atoms with E-state index < -0.39 is 0 Å². The van der Waals surface area contributed by atoms with Gasteiger partial charge in [0.15, 0.2) is 0 Å². The molecule has 1 heteroatoms. The van der Waals surface area contributed by atoms with Crippen molar-refractivity contribution in [3.8, 4) is 0 Å². The molecular weight excluding hydrogens is 220 g/mol. The Morgan fingerprint density at radius 3 is 1.67 bits per heavy atom. The fourth-order valence-electron chi connectivity index (χ4n) is 2.87. The Kier molecular flexibility index (Phi) is 10.8. The Labute approximate surface area is 116 Å². The molecule has 0 aromatic heterocycles. The molecule has 0 atom stereocenters. The summed E-state index contributed by atoms with van der Waals surface area (Å²) in [5, 5.41) is 0. The minimum Gasteiger partial charge on any atom is -0.378 e. The first-order valence-corrected chi connectivity index (χ1v) is 8.11. The molecule has 0 aromatic rings. The van der Waals surface area contributed by atoms with Crippen LogP contribution < -0.4 is 0 Å². The average molecular weight is 255 g/mol. The van der Waals surface area contributed by atoms with E-state index in [1.165, 1.54) is 64.2 Å². The molecule has 0 aliphatic rings. The summed E-state index contributed by atoms with van der Waals surface area (Å²) in [5.74, 6) is 1.66. The van der Waals surface area contributed by atoms with Gasteiger partial charge in [-0.05, 0) is 25.7 Å². The highest BCUT2D eigenvalue weighted by Crippen LogP contribution is 2.39. The number of hydrogen-bond acceptors (Lipinski definition) is 1. The first-order valence-electron chi connectivity index (χ1n) is 8.11. The van der Waals surface area contributed by atoms with E-state index in [1.807, 2.05) is 7.11 Å². The molecule has 0 amide bonds. The lowest BCUT2D eigenvalue weighted by Crippen LogP contribution is -2.38. The molecule has 0 saturated carbocycles. The van der Waals surface area contributed by atoms with Crippen LogP contribution in [0.3, 0.4) is 0 Å². The van der Waals surface area contributed by atoms with Crippen LogP contribution in [0, 0.1) is 5.92 Å². The molecule has 109 valence electrons. The van der Waals surface area contributed by atoms with Gasteiger partial charge in [0.2, 0.25) is 0 Å². The highest BCUT2D eigenvalue weighted by Gasteiger charge is 2.36. The van der Waals surface area contributed by atoms with Crippen LogP contribution in [0.25, 0.3) is 0 Å². The van der Waals surface area contributed by atoms with Gasteiger partial charge < -0.3 is 4.74 Å². The molecule has 0 aliphatic carbocycles. The minimum atomic E-state index is 0.0793. The van der Waals surface area contributed by atoms with Crippen LogP contribution in [-0.4, -0.2) is 12.7 Å². The van der Waals surface area contributed by atoms with E-state index in [0.29, 0.717) is 0 Å². The van der Waals surface area contributed by atoms with E-state index in [2.05, 4.69) is 27.7 Å². The molecule has 0 spiro atoms. The Hall–Kier alpha value is -0.0400. The van der Waals surface area contributed by atoms with Gasteiger partial charge in [-0.1, -0.05) is 66.2 Å². The van der Waals surface area contributed by atoms with E-state index in [9.17, 15) is 0 Å². The maximum absolute atomic E-state index is 6.06.